The largest absolute Gasteiger partial charge is 0.427 e. The third-order valence-electron chi connectivity index (χ3n) is 4.57. The second-order valence-electron chi connectivity index (χ2n) is 7.17. The van der Waals surface area contributed by atoms with E-state index in [1.165, 1.54) is 4.70 Å². The minimum absolute atomic E-state index is 0.457. The molecule has 3 aromatic rings. The van der Waals surface area contributed by atoms with E-state index in [4.69, 9.17) is 4.65 Å². The van der Waals surface area contributed by atoms with E-state index in [-0.39, 0.29) is 0 Å². The summed E-state index contributed by atoms with van der Waals surface area (Å²) in [6.45, 7) is 7.32. The lowest BCUT2D eigenvalue weighted by molar-refractivity contribution is -0.0893. The highest BCUT2D eigenvalue weighted by atomic mass is 32.1. The van der Waals surface area contributed by atoms with Crippen molar-refractivity contribution in [1.82, 2.24) is 4.98 Å². The first-order valence-corrected chi connectivity index (χ1v) is 9.14. The molecule has 0 aliphatic rings. The lowest BCUT2D eigenvalue weighted by atomic mass is 9.82. The Morgan fingerprint density at radius 1 is 1.04 bits per heavy atom. The monoisotopic (exact) mass is 354 g/mol. The van der Waals surface area contributed by atoms with Crippen molar-refractivity contribution in [3.63, 3.8) is 0 Å². The van der Waals surface area contributed by atoms with Crippen LogP contribution in [0.1, 0.15) is 27.7 Å². The van der Waals surface area contributed by atoms with Crippen molar-refractivity contribution < 1.29 is 9.76 Å². The van der Waals surface area contributed by atoms with Crippen molar-refractivity contribution >= 4 is 45.3 Å². The number of fused-ring (bicyclic) bond motifs is 1. The summed E-state index contributed by atoms with van der Waals surface area (Å²) in [5.74, 6) is 0. The maximum atomic E-state index is 10.2. The zero-order valence-corrected chi connectivity index (χ0v) is 15.9. The van der Waals surface area contributed by atoms with E-state index in [1.54, 1.807) is 25.2 Å². The van der Waals surface area contributed by atoms with Crippen molar-refractivity contribution in [2.45, 2.75) is 38.9 Å². The number of thiazole rings is 1. The predicted molar refractivity (Wildman–Crippen MR) is 108 cm³/mol. The van der Waals surface area contributed by atoms with Crippen LogP contribution < -0.4 is 10.8 Å². The van der Waals surface area contributed by atoms with E-state index < -0.39 is 11.2 Å². The quantitative estimate of drug-likeness (QED) is 0.665. The summed E-state index contributed by atoms with van der Waals surface area (Å²) in [6.07, 6.45) is 0. The van der Waals surface area contributed by atoms with Crippen LogP contribution in [0.5, 0.6) is 0 Å². The van der Waals surface area contributed by atoms with Crippen LogP contribution in [0, 0.1) is 0 Å². The van der Waals surface area contributed by atoms with E-state index in [2.05, 4.69) is 16.4 Å². The summed E-state index contributed by atoms with van der Waals surface area (Å²) in [6, 6.07) is 16.2. The smallest absolute Gasteiger partial charge is 0.309 e. The van der Waals surface area contributed by atoms with Crippen LogP contribution in [0.4, 0.5) is 10.8 Å². The Kier molecular flexibility index (Phi) is 4.87. The van der Waals surface area contributed by atoms with Crippen LogP contribution in [0.15, 0.2) is 48.5 Å². The fourth-order valence-electron chi connectivity index (χ4n) is 2.17. The molecule has 0 fully saturated rings. The van der Waals surface area contributed by atoms with Crippen LogP contribution in [-0.2, 0) is 4.65 Å². The van der Waals surface area contributed by atoms with E-state index >= 15 is 0 Å². The van der Waals surface area contributed by atoms with Gasteiger partial charge in [-0.25, -0.2) is 4.98 Å². The SMILES string of the molecule is CC(C)(O)C(C)(C)OBc1ccc(Nc2nc3ccccc3s2)cc1. The van der Waals surface area contributed by atoms with Gasteiger partial charge in [-0.3, -0.25) is 0 Å². The highest BCUT2D eigenvalue weighted by Crippen LogP contribution is 2.28. The number of nitrogens with one attached hydrogen (secondary N) is 1. The van der Waals surface area contributed by atoms with E-state index in [1.807, 2.05) is 56.3 Å². The van der Waals surface area contributed by atoms with Crippen molar-refractivity contribution in [3.8, 4) is 0 Å². The number of aromatic nitrogens is 1. The lowest BCUT2D eigenvalue weighted by Crippen LogP contribution is -2.49. The molecule has 0 aliphatic heterocycles. The number of rotatable bonds is 6. The molecule has 2 aromatic carbocycles. The molecule has 2 N–H and O–H groups in total. The summed E-state index contributed by atoms with van der Waals surface area (Å²) in [4.78, 5) is 4.58. The first-order valence-electron chi connectivity index (χ1n) is 8.32. The van der Waals surface area contributed by atoms with Gasteiger partial charge in [0.05, 0.1) is 21.4 Å². The summed E-state index contributed by atoms with van der Waals surface area (Å²) >= 11 is 1.64. The van der Waals surface area contributed by atoms with Crippen LogP contribution in [-0.4, -0.2) is 28.8 Å². The normalized spacial score (nSPS) is 12.4. The first kappa shape index (κ1) is 17.9. The number of para-hydroxylation sites is 1. The lowest BCUT2D eigenvalue weighted by Gasteiger charge is -2.37. The maximum Gasteiger partial charge on any atom is 0.309 e. The topological polar surface area (TPSA) is 54.4 Å². The van der Waals surface area contributed by atoms with Gasteiger partial charge in [-0.2, -0.15) is 0 Å². The average molecular weight is 354 g/mol. The third-order valence-corrected chi connectivity index (χ3v) is 5.52. The van der Waals surface area contributed by atoms with Gasteiger partial charge in [0, 0.05) is 5.69 Å². The zero-order chi connectivity index (χ0) is 18.1. The van der Waals surface area contributed by atoms with Gasteiger partial charge in [0.15, 0.2) is 5.13 Å². The van der Waals surface area contributed by atoms with Crippen LogP contribution in [0.3, 0.4) is 0 Å². The molecule has 1 heterocycles. The first-order chi connectivity index (χ1) is 11.7. The van der Waals surface area contributed by atoms with Gasteiger partial charge < -0.3 is 15.1 Å². The highest BCUT2D eigenvalue weighted by molar-refractivity contribution is 7.22. The number of anilines is 2. The molecule has 0 radical (unpaired) electrons. The van der Waals surface area contributed by atoms with Gasteiger partial charge in [0.2, 0.25) is 0 Å². The molecule has 25 heavy (non-hydrogen) atoms. The van der Waals surface area contributed by atoms with Crippen molar-refractivity contribution in [2.24, 2.45) is 0 Å². The molecule has 0 unspecified atom stereocenters. The summed E-state index contributed by atoms with van der Waals surface area (Å²) in [5.41, 5.74) is 1.54. The summed E-state index contributed by atoms with van der Waals surface area (Å²) in [7, 11) is 0.457. The Labute approximate surface area is 153 Å². The second kappa shape index (κ2) is 6.79. The van der Waals surface area contributed by atoms with Gasteiger partial charge >= 0.3 is 7.48 Å². The van der Waals surface area contributed by atoms with E-state index in [0.717, 1.165) is 21.8 Å². The molecule has 130 valence electrons. The highest BCUT2D eigenvalue weighted by Gasteiger charge is 2.35. The standard InChI is InChI=1S/C19H23BN2O2S/c1-18(2,23)19(3,4)24-20-13-9-11-14(12-10-13)21-17-22-15-7-5-6-8-16(15)25-17/h5-12,20,23H,1-4H3,(H,21,22). The number of nitrogens with zero attached hydrogens (tertiary/aromatic N) is 1. The Balaban J connectivity index is 1.64. The van der Waals surface area contributed by atoms with Gasteiger partial charge in [-0.05, 0) is 52.0 Å². The minimum atomic E-state index is -0.901. The summed E-state index contributed by atoms with van der Waals surface area (Å²) in [5, 5.41) is 14.4. The van der Waals surface area contributed by atoms with E-state index in [0.29, 0.717) is 7.48 Å². The molecule has 3 rings (SSSR count). The van der Waals surface area contributed by atoms with Crippen LogP contribution >= 0.6 is 11.3 Å². The number of aliphatic hydroxyl groups is 1. The van der Waals surface area contributed by atoms with E-state index in [9.17, 15) is 5.11 Å². The minimum Gasteiger partial charge on any atom is -0.427 e. The predicted octanol–water partition coefficient (Wildman–Crippen LogP) is 3.58. The summed E-state index contributed by atoms with van der Waals surface area (Å²) < 4.78 is 7.07. The molecule has 0 spiro atoms. The molecule has 0 bridgehead atoms. The van der Waals surface area contributed by atoms with Crippen molar-refractivity contribution in [3.05, 3.63) is 48.5 Å². The van der Waals surface area contributed by atoms with Crippen molar-refractivity contribution in [1.29, 1.82) is 0 Å². The molecule has 0 aliphatic carbocycles. The Bertz CT molecular complexity index is 821. The molecule has 0 atom stereocenters. The molecule has 4 nitrogen and oxygen atoms in total. The molecule has 0 saturated heterocycles. The zero-order valence-electron chi connectivity index (χ0n) is 15.0. The Morgan fingerprint density at radius 3 is 2.36 bits per heavy atom. The number of benzene rings is 2. The fourth-order valence-corrected chi connectivity index (χ4v) is 3.06. The third kappa shape index (κ3) is 4.21. The molecule has 0 amide bonds. The number of hydrogen-bond acceptors (Lipinski definition) is 5. The van der Waals surface area contributed by atoms with Crippen LogP contribution in [0.25, 0.3) is 10.2 Å². The van der Waals surface area contributed by atoms with Gasteiger partial charge in [-0.1, -0.05) is 41.1 Å². The molecule has 0 saturated carbocycles. The second-order valence-corrected chi connectivity index (χ2v) is 8.20. The number of hydrogen-bond donors (Lipinski definition) is 2. The van der Waals surface area contributed by atoms with Gasteiger partial charge in [0.25, 0.3) is 0 Å². The average Bonchev–Trinajstić information content (AvgIpc) is 2.95. The fraction of sp³-hybridized carbons (Fsp3) is 0.316. The van der Waals surface area contributed by atoms with Gasteiger partial charge in [0.1, 0.15) is 0 Å². The molecular formula is C19H23BN2O2S. The molecular weight excluding hydrogens is 331 g/mol. The van der Waals surface area contributed by atoms with Crippen LogP contribution in [0.2, 0.25) is 0 Å². The maximum absolute atomic E-state index is 10.2. The van der Waals surface area contributed by atoms with Crippen molar-refractivity contribution in [2.75, 3.05) is 5.32 Å². The Hall–Kier alpha value is -1.89. The Morgan fingerprint density at radius 2 is 1.72 bits per heavy atom. The molecule has 1 aromatic heterocycles. The van der Waals surface area contributed by atoms with Gasteiger partial charge in [-0.15, -0.1) is 0 Å². The molecule has 6 heteroatoms.